The Hall–Kier alpha value is -2.95. The molecule has 30 heavy (non-hydrogen) atoms. The molecule has 0 spiro atoms. The molecule has 1 saturated heterocycles. The lowest BCUT2D eigenvalue weighted by molar-refractivity contribution is 0.0698. The van der Waals surface area contributed by atoms with E-state index in [1.54, 1.807) is 0 Å². The van der Waals surface area contributed by atoms with Crippen molar-refractivity contribution in [3.63, 3.8) is 0 Å². The van der Waals surface area contributed by atoms with E-state index in [1.165, 1.54) is 17.5 Å². The van der Waals surface area contributed by atoms with Crippen molar-refractivity contribution in [3.8, 4) is 11.1 Å². The minimum atomic E-state index is 0.0787. The molecule has 1 amide bonds. The van der Waals surface area contributed by atoms with Crippen molar-refractivity contribution in [1.82, 2.24) is 20.1 Å². The van der Waals surface area contributed by atoms with E-state index in [4.69, 9.17) is 4.98 Å². The van der Waals surface area contributed by atoms with Crippen LogP contribution in [-0.4, -0.2) is 39.1 Å². The number of hydrogen-bond donors (Lipinski definition) is 1. The second-order valence-electron chi connectivity index (χ2n) is 8.61. The number of H-pyrrole nitrogens is 1. The van der Waals surface area contributed by atoms with Gasteiger partial charge in [-0.2, -0.15) is 5.10 Å². The summed E-state index contributed by atoms with van der Waals surface area (Å²) in [5.41, 5.74) is 7.47. The SMILES string of the molecule is Cc1cc(-c2ccccc2)cc([C@H]2CCCN(C(=O)c3n[nH]c4c3CCCC4)C2)n1. The van der Waals surface area contributed by atoms with Gasteiger partial charge in [0, 0.05) is 41.7 Å². The maximum atomic E-state index is 13.3. The number of hydrogen-bond acceptors (Lipinski definition) is 3. The summed E-state index contributed by atoms with van der Waals surface area (Å²) in [6.45, 7) is 3.57. The van der Waals surface area contributed by atoms with Gasteiger partial charge in [-0.25, -0.2) is 0 Å². The number of aromatic nitrogens is 3. The van der Waals surface area contributed by atoms with Crippen LogP contribution in [-0.2, 0) is 12.8 Å². The van der Waals surface area contributed by atoms with Gasteiger partial charge in [-0.3, -0.25) is 14.9 Å². The molecule has 5 heteroatoms. The zero-order valence-electron chi connectivity index (χ0n) is 17.5. The first-order chi connectivity index (χ1) is 14.7. The quantitative estimate of drug-likeness (QED) is 0.694. The number of fused-ring (bicyclic) bond motifs is 1. The maximum Gasteiger partial charge on any atom is 0.274 e. The molecule has 5 nitrogen and oxygen atoms in total. The van der Waals surface area contributed by atoms with Crippen molar-refractivity contribution in [2.75, 3.05) is 13.1 Å². The van der Waals surface area contributed by atoms with Gasteiger partial charge in [0.25, 0.3) is 5.91 Å². The molecule has 1 atom stereocenters. The zero-order valence-corrected chi connectivity index (χ0v) is 17.5. The van der Waals surface area contributed by atoms with Gasteiger partial charge < -0.3 is 4.90 Å². The highest BCUT2D eigenvalue weighted by atomic mass is 16.2. The van der Waals surface area contributed by atoms with Crippen LogP contribution in [0.25, 0.3) is 11.1 Å². The smallest absolute Gasteiger partial charge is 0.274 e. The van der Waals surface area contributed by atoms with Crippen molar-refractivity contribution in [3.05, 3.63) is 70.8 Å². The van der Waals surface area contributed by atoms with Gasteiger partial charge in [0.15, 0.2) is 5.69 Å². The Morgan fingerprint density at radius 1 is 1.07 bits per heavy atom. The first-order valence-corrected chi connectivity index (χ1v) is 11.1. The van der Waals surface area contributed by atoms with E-state index in [1.807, 2.05) is 11.0 Å². The number of benzene rings is 1. The lowest BCUT2D eigenvalue weighted by atomic mass is 9.91. The first kappa shape index (κ1) is 19.0. The summed E-state index contributed by atoms with van der Waals surface area (Å²) in [6.07, 6.45) is 6.35. The summed E-state index contributed by atoms with van der Waals surface area (Å²) in [7, 11) is 0. The molecule has 1 aromatic carbocycles. The van der Waals surface area contributed by atoms with Crippen LogP contribution in [0.1, 0.15) is 64.7 Å². The van der Waals surface area contributed by atoms with Gasteiger partial charge >= 0.3 is 0 Å². The summed E-state index contributed by atoms with van der Waals surface area (Å²) >= 11 is 0. The van der Waals surface area contributed by atoms with Crippen molar-refractivity contribution in [2.45, 2.75) is 51.4 Å². The van der Waals surface area contributed by atoms with Crippen LogP contribution in [0.5, 0.6) is 0 Å². The number of carbonyl (C=O) groups excluding carboxylic acids is 1. The van der Waals surface area contributed by atoms with Crippen LogP contribution in [0, 0.1) is 6.92 Å². The van der Waals surface area contributed by atoms with Gasteiger partial charge in [-0.15, -0.1) is 0 Å². The largest absolute Gasteiger partial charge is 0.337 e. The fraction of sp³-hybridized carbons (Fsp3) is 0.400. The highest BCUT2D eigenvalue weighted by molar-refractivity contribution is 5.94. The highest BCUT2D eigenvalue weighted by Crippen LogP contribution is 2.31. The summed E-state index contributed by atoms with van der Waals surface area (Å²) in [5, 5.41) is 7.52. The van der Waals surface area contributed by atoms with Crippen molar-refractivity contribution < 1.29 is 4.79 Å². The Morgan fingerprint density at radius 3 is 2.77 bits per heavy atom. The zero-order chi connectivity index (χ0) is 20.5. The van der Waals surface area contributed by atoms with Gasteiger partial charge in [-0.1, -0.05) is 30.3 Å². The predicted octanol–water partition coefficient (Wildman–Crippen LogP) is 4.68. The summed E-state index contributed by atoms with van der Waals surface area (Å²) in [4.78, 5) is 20.1. The van der Waals surface area contributed by atoms with Crippen LogP contribution < -0.4 is 0 Å². The monoisotopic (exact) mass is 400 g/mol. The molecule has 2 aliphatic rings. The number of aryl methyl sites for hydroxylation is 2. The van der Waals surface area contributed by atoms with Crippen LogP contribution in [0.3, 0.4) is 0 Å². The van der Waals surface area contributed by atoms with Crippen LogP contribution in [0.15, 0.2) is 42.5 Å². The number of piperidine rings is 1. The fourth-order valence-electron chi connectivity index (χ4n) is 4.91. The molecular formula is C25H28N4O. The third-order valence-electron chi connectivity index (χ3n) is 6.47. The van der Waals surface area contributed by atoms with Gasteiger partial charge in [-0.05, 0) is 68.7 Å². The van der Waals surface area contributed by atoms with Crippen LogP contribution >= 0.6 is 0 Å². The lowest BCUT2D eigenvalue weighted by Crippen LogP contribution is -2.40. The lowest BCUT2D eigenvalue weighted by Gasteiger charge is -2.32. The molecule has 3 aromatic rings. The molecule has 1 aliphatic heterocycles. The molecule has 1 aliphatic carbocycles. The van der Waals surface area contributed by atoms with Crippen molar-refractivity contribution in [2.24, 2.45) is 0 Å². The van der Waals surface area contributed by atoms with E-state index >= 15 is 0 Å². The second kappa shape index (κ2) is 8.05. The van der Waals surface area contributed by atoms with Crippen LogP contribution in [0.4, 0.5) is 0 Å². The molecule has 5 rings (SSSR count). The van der Waals surface area contributed by atoms with E-state index in [-0.39, 0.29) is 11.8 Å². The Morgan fingerprint density at radius 2 is 1.90 bits per heavy atom. The van der Waals surface area contributed by atoms with E-state index in [9.17, 15) is 4.79 Å². The molecule has 1 N–H and O–H groups in total. The Labute approximate surface area is 177 Å². The number of rotatable bonds is 3. The molecular weight excluding hydrogens is 372 g/mol. The third-order valence-corrected chi connectivity index (χ3v) is 6.47. The number of pyridine rings is 1. The molecule has 0 radical (unpaired) electrons. The van der Waals surface area contributed by atoms with Crippen LogP contribution in [0.2, 0.25) is 0 Å². The second-order valence-corrected chi connectivity index (χ2v) is 8.61. The molecule has 2 aromatic heterocycles. The Bertz CT molecular complexity index is 1060. The molecule has 0 unspecified atom stereocenters. The van der Waals surface area contributed by atoms with E-state index in [2.05, 4.69) is 53.5 Å². The maximum absolute atomic E-state index is 13.3. The Kier molecular flexibility index (Phi) is 5.11. The number of carbonyl (C=O) groups is 1. The van der Waals surface area contributed by atoms with E-state index in [0.717, 1.165) is 61.3 Å². The predicted molar refractivity (Wildman–Crippen MR) is 118 cm³/mol. The van der Waals surface area contributed by atoms with Gasteiger partial charge in [0.2, 0.25) is 0 Å². The number of aromatic amines is 1. The summed E-state index contributed by atoms with van der Waals surface area (Å²) in [6, 6.07) is 14.8. The summed E-state index contributed by atoms with van der Waals surface area (Å²) in [5.74, 6) is 0.342. The van der Waals surface area contributed by atoms with Gasteiger partial charge in [0.05, 0.1) is 0 Å². The average Bonchev–Trinajstić information content (AvgIpc) is 3.23. The minimum absolute atomic E-state index is 0.0787. The number of nitrogens with one attached hydrogen (secondary N) is 1. The topological polar surface area (TPSA) is 61.9 Å². The normalized spacial score (nSPS) is 18.8. The van der Waals surface area contributed by atoms with E-state index in [0.29, 0.717) is 12.2 Å². The number of nitrogens with zero attached hydrogens (tertiary/aromatic N) is 3. The number of likely N-dealkylation sites (tertiary alicyclic amines) is 1. The Balaban J connectivity index is 1.39. The molecule has 3 heterocycles. The molecule has 0 saturated carbocycles. The first-order valence-electron chi connectivity index (χ1n) is 11.1. The summed E-state index contributed by atoms with van der Waals surface area (Å²) < 4.78 is 0. The molecule has 1 fully saturated rings. The highest BCUT2D eigenvalue weighted by Gasteiger charge is 2.30. The fourth-order valence-corrected chi connectivity index (χ4v) is 4.91. The van der Waals surface area contributed by atoms with Crippen molar-refractivity contribution in [1.29, 1.82) is 0 Å². The van der Waals surface area contributed by atoms with E-state index < -0.39 is 0 Å². The standard InChI is InChI=1S/C25H28N4O/c1-17-14-20(18-8-3-2-4-9-18)15-23(26-17)19-10-7-13-29(16-19)25(30)24-21-11-5-6-12-22(21)27-28-24/h2-4,8-9,14-15,19H,5-7,10-13,16H2,1H3,(H,27,28)/t19-/m0/s1. The average molecular weight is 401 g/mol. The molecule has 0 bridgehead atoms. The minimum Gasteiger partial charge on any atom is -0.337 e. The van der Waals surface area contributed by atoms with Gasteiger partial charge in [0.1, 0.15) is 0 Å². The third kappa shape index (κ3) is 3.64. The molecule has 154 valence electrons. The van der Waals surface area contributed by atoms with Crippen molar-refractivity contribution >= 4 is 5.91 Å². The number of amides is 1.